The molecule has 1 saturated heterocycles. The van der Waals surface area contributed by atoms with Gasteiger partial charge in [0, 0.05) is 25.8 Å². The fourth-order valence-corrected chi connectivity index (χ4v) is 1.85. The smallest absolute Gasteiger partial charge is 0.0535 e. The minimum atomic E-state index is 0.620. The zero-order chi connectivity index (χ0) is 10.8. The average molecular weight is 204 g/mol. The fraction of sp³-hybridized carbons (Fsp3) is 0.538. The SMILES string of the molecule is CC(C)c1ccc(N(C)C2CNC2)cc1. The van der Waals surface area contributed by atoms with E-state index < -0.39 is 0 Å². The normalized spacial score (nSPS) is 16.5. The van der Waals surface area contributed by atoms with E-state index in [1.807, 2.05) is 0 Å². The van der Waals surface area contributed by atoms with Crippen molar-refractivity contribution < 1.29 is 0 Å². The summed E-state index contributed by atoms with van der Waals surface area (Å²) in [6.07, 6.45) is 0. The molecule has 1 N–H and O–H groups in total. The first-order valence-corrected chi connectivity index (χ1v) is 5.72. The van der Waals surface area contributed by atoms with Gasteiger partial charge in [0.1, 0.15) is 0 Å². The van der Waals surface area contributed by atoms with Crippen molar-refractivity contribution in [2.24, 2.45) is 0 Å². The lowest BCUT2D eigenvalue weighted by Gasteiger charge is -2.37. The number of rotatable bonds is 3. The average Bonchev–Trinajstić information content (AvgIpc) is 2.15. The van der Waals surface area contributed by atoms with Crippen LogP contribution in [-0.4, -0.2) is 26.2 Å². The summed E-state index contributed by atoms with van der Waals surface area (Å²) in [5, 5.41) is 3.30. The number of nitrogens with zero attached hydrogens (tertiary/aromatic N) is 1. The highest BCUT2D eigenvalue weighted by Crippen LogP contribution is 2.21. The number of likely N-dealkylation sites (N-methyl/N-ethyl adjacent to an activating group) is 1. The van der Waals surface area contributed by atoms with Crippen molar-refractivity contribution in [2.45, 2.75) is 25.8 Å². The Kier molecular flexibility index (Phi) is 2.96. The summed E-state index contributed by atoms with van der Waals surface area (Å²) in [4.78, 5) is 2.36. The van der Waals surface area contributed by atoms with Gasteiger partial charge in [-0.15, -0.1) is 0 Å². The maximum Gasteiger partial charge on any atom is 0.0535 e. The molecule has 1 aromatic rings. The van der Waals surface area contributed by atoms with Gasteiger partial charge in [0.25, 0.3) is 0 Å². The summed E-state index contributed by atoms with van der Waals surface area (Å²) in [6.45, 7) is 6.69. The van der Waals surface area contributed by atoms with E-state index in [-0.39, 0.29) is 0 Å². The van der Waals surface area contributed by atoms with Crippen LogP contribution in [0.1, 0.15) is 25.3 Å². The monoisotopic (exact) mass is 204 g/mol. The number of nitrogens with one attached hydrogen (secondary N) is 1. The van der Waals surface area contributed by atoms with Crippen LogP contribution in [0.3, 0.4) is 0 Å². The van der Waals surface area contributed by atoms with Crippen LogP contribution >= 0.6 is 0 Å². The minimum Gasteiger partial charge on any atom is -0.369 e. The van der Waals surface area contributed by atoms with Gasteiger partial charge in [-0.2, -0.15) is 0 Å². The zero-order valence-electron chi connectivity index (χ0n) is 9.83. The van der Waals surface area contributed by atoms with E-state index in [0.29, 0.717) is 12.0 Å². The maximum atomic E-state index is 3.30. The van der Waals surface area contributed by atoms with Crippen LogP contribution < -0.4 is 10.2 Å². The molecule has 15 heavy (non-hydrogen) atoms. The molecule has 1 aliphatic rings. The van der Waals surface area contributed by atoms with Crippen LogP contribution in [0.25, 0.3) is 0 Å². The van der Waals surface area contributed by atoms with Gasteiger partial charge in [-0.05, 0) is 23.6 Å². The predicted molar refractivity (Wildman–Crippen MR) is 65.6 cm³/mol. The number of hydrogen-bond donors (Lipinski definition) is 1. The van der Waals surface area contributed by atoms with E-state index in [1.54, 1.807) is 0 Å². The van der Waals surface area contributed by atoms with Gasteiger partial charge in [0.05, 0.1) is 6.04 Å². The van der Waals surface area contributed by atoms with Gasteiger partial charge in [-0.3, -0.25) is 0 Å². The molecule has 0 aliphatic carbocycles. The molecule has 0 saturated carbocycles. The van der Waals surface area contributed by atoms with Crippen LogP contribution in [0, 0.1) is 0 Å². The van der Waals surface area contributed by atoms with Gasteiger partial charge >= 0.3 is 0 Å². The van der Waals surface area contributed by atoms with E-state index in [4.69, 9.17) is 0 Å². The topological polar surface area (TPSA) is 15.3 Å². The summed E-state index contributed by atoms with van der Waals surface area (Å²) in [5.41, 5.74) is 2.74. The molecule has 1 aliphatic heterocycles. The van der Waals surface area contributed by atoms with Crippen molar-refractivity contribution in [1.82, 2.24) is 5.32 Å². The summed E-state index contributed by atoms with van der Waals surface area (Å²) in [7, 11) is 2.18. The summed E-state index contributed by atoms with van der Waals surface area (Å²) in [5.74, 6) is 0.620. The van der Waals surface area contributed by atoms with Crippen molar-refractivity contribution in [2.75, 3.05) is 25.0 Å². The molecule has 0 spiro atoms. The highest BCUT2D eigenvalue weighted by Gasteiger charge is 2.21. The minimum absolute atomic E-state index is 0.620. The second-order valence-corrected chi connectivity index (χ2v) is 4.67. The second kappa shape index (κ2) is 4.23. The molecule has 1 heterocycles. The third kappa shape index (κ3) is 2.15. The molecule has 0 amide bonds. The second-order valence-electron chi connectivity index (χ2n) is 4.67. The van der Waals surface area contributed by atoms with E-state index in [9.17, 15) is 0 Å². The Labute approximate surface area is 92.3 Å². The van der Waals surface area contributed by atoms with Crippen LogP contribution in [0.2, 0.25) is 0 Å². The van der Waals surface area contributed by atoms with E-state index >= 15 is 0 Å². The molecule has 0 atom stereocenters. The lowest BCUT2D eigenvalue weighted by molar-refractivity contribution is 0.429. The molecule has 0 aromatic heterocycles. The molecule has 2 nitrogen and oxygen atoms in total. The standard InChI is InChI=1S/C13H20N2/c1-10(2)11-4-6-12(7-5-11)15(3)13-8-14-9-13/h4-7,10,13-14H,8-9H2,1-3H3. The summed E-state index contributed by atoms with van der Waals surface area (Å²) >= 11 is 0. The lowest BCUT2D eigenvalue weighted by atomic mass is 10.0. The first-order chi connectivity index (χ1) is 7.18. The van der Waals surface area contributed by atoms with Crippen molar-refractivity contribution in [3.05, 3.63) is 29.8 Å². The third-order valence-corrected chi connectivity index (χ3v) is 3.27. The van der Waals surface area contributed by atoms with E-state index in [1.165, 1.54) is 11.3 Å². The first-order valence-electron chi connectivity index (χ1n) is 5.72. The molecule has 1 aromatic carbocycles. The van der Waals surface area contributed by atoms with Gasteiger partial charge < -0.3 is 10.2 Å². The molecular formula is C13H20N2. The van der Waals surface area contributed by atoms with Crippen LogP contribution in [0.15, 0.2) is 24.3 Å². The number of anilines is 1. The van der Waals surface area contributed by atoms with Crippen molar-refractivity contribution in [1.29, 1.82) is 0 Å². The molecule has 82 valence electrons. The van der Waals surface area contributed by atoms with Gasteiger partial charge in [0.2, 0.25) is 0 Å². The molecule has 0 bridgehead atoms. The Morgan fingerprint density at radius 1 is 1.20 bits per heavy atom. The molecule has 2 rings (SSSR count). The Hall–Kier alpha value is -1.02. The first kappa shape index (κ1) is 10.5. The van der Waals surface area contributed by atoms with Gasteiger partial charge in [-0.1, -0.05) is 26.0 Å². The van der Waals surface area contributed by atoms with Crippen LogP contribution in [0.4, 0.5) is 5.69 Å². The van der Waals surface area contributed by atoms with Crippen molar-refractivity contribution in [3.63, 3.8) is 0 Å². The predicted octanol–water partition coefficient (Wildman–Crippen LogP) is 2.22. The van der Waals surface area contributed by atoms with Crippen LogP contribution in [-0.2, 0) is 0 Å². The highest BCUT2D eigenvalue weighted by molar-refractivity contribution is 5.48. The van der Waals surface area contributed by atoms with Crippen LogP contribution in [0.5, 0.6) is 0 Å². The molecule has 0 radical (unpaired) electrons. The van der Waals surface area contributed by atoms with Crippen molar-refractivity contribution >= 4 is 5.69 Å². The van der Waals surface area contributed by atoms with E-state index in [2.05, 4.69) is 55.4 Å². The zero-order valence-corrected chi connectivity index (χ0v) is 9.83. The largest absolute Gasteiger partial charge is 0.369 e. The number of benzene rings is 1. The molecule has 2 heteroatoms. The van der Waals surface area contributed by atoms with Gasteiger partial charge in [-0.25, -0.2) is 0 Å². The molecular weight excluding hydrogens is 184 g/mol. The molecule has 0 unspecified atom stereocenters. The quantitative estimate of drug-likeness (QED) is 0.812. The Balaban J connectivity index is 2.08. The van der Waals surface area contributed by atoms with Crippen molar-refractivity contribution in [3.8, 4) is 0 Å². The van der Waals surface area contributed by atoms with Gasteiger partial charge in [0.15, 0.2) is 0 Å². The lowest BCUT2D eigenvalue weighted by Crippen LogP contribution is -2.56. The third-order valence-electron chi connectivity index (χ3n) is 3.27. The summed E-state index contributed by atoms with van der Waals surface area (Å²) in [6, 6.07) is 9.61. The Morgan fingerprint density at radius 2 is 1.80 bits per heavy atom. The molecule has 1 fully saturated rings. The van der Waals surface area contributed by atoms with E-state index in [0.717, 1.165) is 13.1 Å². The highest BCUT2D eigenvalue weighted by atomic mass is 15.2. The summed E-state index contributed by atoms with van der Waals surface area (Å²) < 4.78 is 0. The Bertz CT molecular complexity index is 312. The number of hydrogen-bond acceptors (Lipinski definition) is 2. The Morgan fingerprint density at radius 3 is 2.20 bits per heavy atom. The fourth-order valence-electron chi connectivity index (χ4n) is 1.85. The maximum absolute atomic E-state index is 3.30.